The van der Waals surface area contributed by atoms with Crippen molar-refractivity contribution in [3.63, 3.8) is 0 Å². The lowest BCUT2D eigenvalue weighted by Gasteiger charge is -2.52. The zero-order valence-electron chi connectivity index (χ0n) is 16.9. The molecule has 0 aromatic rings. The molecular formula is C21H40N4. The van der Waals surface area contributed by atoms with Crippen molar-refractivity contribution >= 4 is 0 Å². The molecule has 3 saturated heterocycles. The molecule has 0 radical (unpaired) electrons. The number of hydrogen-bond acceptors (Lipinski definition) is 4. The highest BCUT2D eigenvalue weighted by Gasteiger charge is 2.38. The molecular weight excluding hydrogens is 308 g/mol. The molecule has 25 heavy (non-hydrogen) atoms. The molecule has 0 unspecified atom stereocenters. The Morgan fingerprint density at radius 3 is 1.88 bits per heavy atom. The maximum absolute atomic E-state index is 2.81. The minimum Gasteiger partial charge on any atom is -0.300 e. The maximum atomic E-state index is 2.81. The Bertz CT molecular complexity index is 412. The summed E-state index contributed by atoms with van der Waals surface area (Å²) >= 11 is 0. The first-order valence-corrected chi connectivity index (χ1v) is 11.0. The highest BCUT2D eigenvalue weighted by Crippen LogP contribution is 2.29. The van der Waals surface area contributed by atoms with Crippen LogP contribution in [0.5, 0.6) is 0 Å². The fourth-order valence-corrected chi connectivity index (χ4v) is 5.51. The van der Waals surface area contributed by atoms with Gasteiger partial charge in [-0.2, -0.15) is 0 Å². The Labute approximate surface area is 155 Å². The molecule has 0 aromatic carbocycles. The average Bonchev–Trinajstić information content (AvgIpc) is 2.52. The minimum atomic E-state index is 0.740. The van der Waals surface area contributed by atoms with Crippen LogP contribution in [-0.2, 0) is 0 Å². The monoisotopic (exact) mass is 348 g/mol. The Morgan fingerprint density at radius 2 is 1.32 bits per heavy atom. The molecule has 0 spiro atoms. The van der Waals surface area contributed by atoms with Crippen molar-refractivity contribution in [2.75, 3.05) is 58.9 Å². The fraction of sp³-hybridized carbons (Fsp3) is 1.00. The lowest BCUT2D eigenvalue weighted by atomic mass is 9.86. The van der Waals surface area contributed by atoms with Gasteiger partial charge in [-0.05, 0) is 51.4 Å². The molecule has 4 nitrogen and oxygen atoms in total. The van der Waals surface area contributed by atoms with Crippen molar-refractivity contribution in [2.24, 2.45) is 11.8 Å². The van der Waals surface area contributed by atoms with Crippen LogP contribution in [0.25, 0.3) is 0 Å². The van der Waals surface area contributed by atoms with Crippen LogP contribution < -0.4 is 0 Å². The van der Waals surface area contributed by atoms with Gasteiger partial charge in [-0.25, -0.2) is 0 Å². The van der Waals surface area contributed by atoms with Crippen LogP contribution in [0.3, 0.4) is 0 Å². The van der Waals surface area contributed by atoms with Crippen molar-refractivity contribution < 1.29 is 0 Å². The summed E-state index contributed by atoms with van der Waals surface area (Å²) in [6.45, 7) is 19.0. The van der Waals surface area contributed by atoms with E-state index in [0.717, 1.165) is 30.0 Å². The van der Waals surface area contributed by atoms with E-state index in [9.17, 15) is 0 Å². The second-order valence-electron chi connectivity index (χ2n) is 9.77. The summed E-state index contributed by atoms with van der Waals surface area (Å²) in [5, 5.41) is 0. The third kappa shape index (κ3) is 4.23. The standard InChI is InChI=1S/C21H40N4/c1-17(2)25-13-19(14-25)12-22-15-21(16-22)24-10-8-23(9-11-24)20-6-4-18(3)5-7-20/h17-21H,4-16H2,1-3H3. The summed E-state index contributed by atoms with van der Waals surface area (Å²) in [5.74, 6) is 1.91. The normalized spacial score (nSPS) is 35.0. The van der Waals surface area contributed by atoms with Gasteiger partial charge in [0, 0.05) is 77.0 Å². The van der Waals surface area contributed by atoms with E-state index in [1.54, 1.807) is 0 Å². The van der Waals surface area contributed by atoms with Crippen molar-refractivity contribution in [1.82, 2.24) is 19.6 Å². The third-order valence-electron chi connectivity index (χ3n) is 7.54. The number of rotatable bonds is 5. The summed E-state index contributed by atoms with van der Waals surface area (Å²) in [7, 11) is 0. The lowest BCUT2D eigenvalue weighted by Crippen LogP contribution is -2.65. The Hall–Kier alpha value is -0.160. The Kier molecular flexibility index (Phi) is 5.71. The van der Waals surface area contributed by atoms with Gasteiger partial charge in [-0.15, -0.1) is 0 Å². The molecule has 0 N–H and O–H groups in total. The number of nitrogens with zero attached hydrogens (tertiary/aromatic N) is 4. The van der Waals surface area contributed by atoms with Gasteiger partial charge in [-0.1, -0.05) is 6.92 Å². The van der Waals surface area contributed by atoms with E-state index in [1.807, 2.05) is 0 Å². The van der Waals surface area contributed by atoms with Crippen molar-refractivity contribution in [3.8, 4) is 0 Å². The lowest BCUT2D eigenvalue weighted by molar-refractivity contribution is -0.0325. The molecule has 4 aliphatic rings. The van der Waals surface area contributed by atoms with E-state index in [0.29, 0.717) is 0 Å². The Morgan fingerprint density at radius 1 is 0.760 bits per heavy atom. The fourth-order valence-electron chi connectivity index (χ4n) is 5.51. The molecule has 0 bridgehead atoms. The van der Waals surface area contributed by atoms with Gasteiger partial charge in [0.1, 0.15) is 0 Å². The first-order valence-electron chi connectivity index (χ1n) is 11.0. The molecule has 4 fully saturated rings. The van der Waals surface area contributed by atoms with Gasteiger partial charge >= 0.3 is 0 Å². The molecule has 144 valence electrons. The number of hydrogen-bond donors (Lipinski definition) is 0. The van der Waals surface area contributed by atoms with Crippen LogP contribution >= 0.6 is 0 Å². The van der Waals surface area contributed by atoms with Gasteiger partial charge in [-0.3, -0.25) is 14.7 Å². The van der Waals surface area contributed by atoms with Crippen molar-refractivity contribution in [3.05, 3.63) is 0 Å². The zero-order chi connectivity index (χ0) is 17.4. The molecule has 1 aliphatic carbocycles. The summed E-state index contributed by atoms with van der Waals surface area (Å²) in [4.78, 5) is 10.9. The summed E-state index contributed by atoms with van der Waals surface area (Å²) < 4.78 is 0. The Balaban J connectivity index is 1.11. The minimum absolute atomic E-state index is 0.740. The number of likely N-dealkylation sites (tertiary alicyclic amines) is 2. The largest absolute Gasteiger partial charge is 0.300 e. The topological polar surface area (TPSA) is 13.0 Å². The molecule has 0 aromatic heterocycles. The quantitative estimate of drug-likeness (QED) is 0.755. The first kappa shape index (κ1) is 18.2. The number of piperazine rings is 1. The van der Waals surface area contributed by atoms with E-state index < -0.39 is 0 Å². The third-order valence-corrected chi connectivity index (χ3v) is 7.54. The molecule has 0 amide bonds. The molecule has 1 saturated carbocycles. The van der Waals surface area contributed by atoms with E-state index in [-0.39, 0.29) is 0 Å². The van der Waals surface area contributed by atoms with E-state index in [4.69, 9.17) is 0 Å². The van der Waals surface area contributed by atoms with Crippen LogP contribution in [0.1, 0.15) is 46.5 Å². The van der Waals surface area contributed by atoms with Gasteiger partial charge in [0.25, 0.3) is 0 Å². The van der Waals surface area contributed by atoms with Gasteiger partial charge in [0.2, 0.25) is 0 Å². The van der Waals surface area contributed by atoms with Crippen LogP contribution in [0.2, 0.25) is 0 Å². The average molecular weight is 349 g/mol. The summed E-state index contributed by atoms with van der Waals surface area (Å²) in [5.41, 5.74) is 0. The SMILES string of the molecule is CC1CCC(N2CCN(C3CN(CC4CN(C(C)C)C4)C3)CC2)CC1. The predicted molar refractivity (Wildman–Crippen MR) is 105 cm³/mol. The second kappa shape index (κ2) is 7.84. The van der Waals surface area contributed by atoms with Crippen molar-refractivity contribution in [1.29, 1.82) is 0 Å². The molecule has 4 rings (SSSR count). The first-order chi connectivity index (χ1) is 12.1. The molecule has 0 atom stereocenters. The van der Waals surface area contributed by atoms with Crippen LogP contribution in [0, 0.1) is 11.8 Å². The summed E-state index contributed by atoms with van der Waals surface area (Å²) in [6.07, 6.45) is 5.82. The van der Waals surface area contributed by atoms with E-state index in [1.165, 1.54) is 84.6 Å². The molecule has 3 aliphatic heterocycles. The molecule has 4 heteroatoms. The smallest absolute Gasteiger partial charge is 0.0351 e. The van der Waals surface area contributed by atoms with Crippen LogP contribution in [0.15, 0.2) is 0 Å². The van der Waals surface area contributed by atoms with E-state index in [2.05, 4.69) is 40.4 Å². The predicted octanol–water partition coefficient (Wildman–Crippen LogP) is 2.21. The van der Waals surface area contributed by atoms with E-state index >= 15 is 0 Å². The highest BCUT2D eigenvalue weighted by atomic mass is 15.4. The highest BCUT2D eigenvalue weighted by molar-refractivity contribution is 4.94. The molecule has 3 heterocycles. The van der Waals surface area contributed by atoms with Crippen LogP contribution in [-0.4, -0.2) is 96.6 Å². The van der Waals surface area contributed by atoms with Gasteiger partial charge in [0.15, 0.2) is 0 Å². The van der Waals surface area contributed by atoms with Crippen LogP contribution in [0.4, 0.5) is 0 Å². The summed E-state index contributed by atoms with van der Waals surface area (Å²) in [6, 6.07) is 2.50. The maximum Gasteiger partial charge on any atom is 0.0351 e. The second-order valence-corrected chi connectivity index (χ2v) is 9.77. The van der Waals surface area contributed by atoms with Gasteiger partial charge in [0.05, 0.1) is 0 Å². The van der Waals surface area contributed by atoms with Gasteiger partial charge < -0.3 is 4.90 Å². The zero-order valence-corrected chi connectivity index (χ0v) is 16.9. The van der Waals surface area contributed by atoms with Crippen molar-refractivity contribution in [2.45, 2.75) is 64.6 Å².